The first-order chi connectivity index (χ1) is 12.8. The van der Waals surface area contributed by atoms with E-state index in [0.717, 1.165) is 27.9 Å². The number of nitrogens with one attached hydrogen (secondary N) is 1. The molecule has 1 fully saturated rings. The second-order valence-corrected chi connectivity index (χ2v) is 9.20. The molecule has 27 heavy (non-hydrogen) atoms. The third-order valence-corrected chi connectivity index (χ3v) is 6.65. The summed E-state index contributed by atoms with van der Waals surface area (Å²) in [6.45, 7) is 1.99. The van der Waals surface area contributed by atoms with Crippen LogP contribution in [-0.4, -0.2) is 29.5 Å². The molecular weight excluding hydrogens is 402 g/mol. The van der Waals surface area contributed by atoms with Crippen LogP contribution in [0.5, 0.6) is 0 Å². The van der Waals surface area contributed by atoms with Crippen LogP contribution in [0.1, 0.15) is 16.7 Å². The quantitative estimate of drug-likeness (QED) is 0.600. The van der Waals surface area contributed by atoms with Crippen LogP contribution in [0, 0.1) is 6.92 Å². The van der Waals surface area contributed by atoms with Gasteiger partial charge in [-0.3, -0.25) is 10.2 Å². The molecule has 2 aromatic carbocycles. The van der Waals surface area contributed by atoms with Gasteiger partial charge in [-0.15, -0.1) is 4.40 Å². The summed E-state index contributed by atoms with van der Waals surface area (Å²) in [5.74, 6) is -0.270. The molecule has 136 valence electrons. The fourth-order valence-corrected chi connectivity index (χ4v) is 5.02. The molecular formula is C18H13N3O3S3. The van der Waals surface area contributed by atoms with Crippen LogP contribution in [0.2, 0.25) is 0 Å². The minimum absolute atomic E-state index is 0.0819. The van der Waals surface area contributed by atoms with Gasteiger partial charge in [-0.2, -0.15) is 13.4 Å². The number of hydrogen-bond acceptors (Lipinski definition) is 6. The maximum Gasteiger partial charge on any atom is 0.285 e. The van der Waals surface area contributed by atoms with Gasteiger partial charge in [-0.05, 0) is 42.9 Å². The third kappa shape index (κ3) is 3.29. The summed E-state index contributed by atoms with van der Waals surface area (Å²) in [5.41, 5.74) is 5.18. The lowest BCUT2D eigenvalue weighted by Crippen LogP contribution is -2.44. The van der Waals surface area contributed by atoms with E-state index in [1.165, 1.54) is 6.07 Å². The molecule has 0 aromatic heterocycles. The van der Waals surface area contributed by atoms with Crippen molar-refractivity contribution in [2.75, 3.05) is 0 Å². The Labute approximate surface area is 166 Å². The van der Waals surface area contributed by atoms with Gasteiger partial charge in [0.25, 0.3) is 15.9 Å². The van der Waals surface area contributed by atoms with Gasteiger partial charge in [0.15, 0.2) is 10.2 Å². The van der Waals surface area contributed by atoms with Crippen molar-refractivity contribution in [3.63, 3.8) is 0 Å². The highest BCUT2D eigenvalue weighted by atomic mass is 32.2. The number of benzene rings is 2. The predicted molar refractivity (Wildman–Crippen MR) is 109 cm³/mol. The van der Waals surface area contributed by atoms with Crippen molar-refractivity contribution in [3.05, 3.63) is 70.1 Å². The molecule has 6 nitrogen and oxygen atoms in total. The number of carbonyl (C=O) groups is 1. The number of amidine groups is 1. The smallest absolute Gasteiger partial charge is 0.272 e. The molecule has 0 unspecified atom stereocenters. The highest BCUT2D eigenvalue weighted by Crippen LogP contribution is 2.32. The highest BCUT2D eigenvalue weighted by molar-refractivity contribution is 8.26. The fourth-order valence-electron chi connectivity index (χ4n) is 2.67. The van der Waals surface area contributed by atoms with E-state index in [0.29, 0.717) is 10.5 Å². The number of carbonyl (C=O) groups excluding carboxylic acids is 1. The Kier molecular flexibility index (Phi) is 4.37. The Morgan fingerprint density at radius 1 is 1.15 bits per heavy atom. The minimum Gasteiger partial charge on any atom is -0.272 e. The first-order valence-electron chi connectivity index (χ1n) is 7.91. The van der Waals surface area contributed by atoms with Gasteiger partial charge in [0.2, 0.25) is 0 Å². The van der Waals surface area contributed by atoms with Crippen LogP contribution in [0.15, 0.2) is 62.7 Å². The summed E-state index contributed by atoms with van der Waals surface area (Å²) in [7, 11) is -3.77. The summed E-state index contributed by atoms with van der Waals surface area (Å²) >= 11 is 6.43. The van der Waals surface area contributed by atoms with E-state index in [-0.39, 0.29) is 21.0 Å². The van der Waals surface area contributed by atoms with Crippen LogP contribution in [0.4, 0.5) is 0 Å². The molecule has 2 heterocycles. The molecule has 4 rings (SSSR count). The van der Waals surface area contributed by atoms with Crippen molar-refractivity contribution in [1.29, 1.82) is 0 Å². The zero-order chi connectivity index (χ0) is 19.2. The van der Waals surface area contributed by atoms with Gasteiger partial charge >= 0.3 is 0 Å². The Balaban J connectivity index is 1.62. The standard InChI is InChI=1S/C18H13N3O3S3/c1-11-6-8-12(9-7-11)10-14-17(22)21(18(25)26-14)19-16-13-4-2-3-5-15(13)27(23,24)20-16/h2-10H,1H3,(H,19,20)/b14-10-. The molecule has 1 N–H and O–H groups in total. The zero-order valence-corrected chi connectivity index (χ0v) is 16.5. The summed E-state index contributed by atoms with van der Waals surface area (Å²) in [6.07, 6.45) is 1.75. The molecule has 1 amide bonds. The van der Waals surface area contributed by atoms with E-state index in [2.05, 4.69) is 9.82 Å². The van der Waals surface area contributed by atoms with Crippen molar-refractivity contribution >= 4 is 56.1 Å². The number of fused-ring (bicyclic) bond motifs is 1. The fraction of sp³-hybridized carbons (Fsp3) is 0.0556. The van der Waals surface area contributed by atoms with E-state index in [4.69, 9.17) is 12.2 Å². The van der Waals surface area contributed by atoms with Crippen molar-refractivity contribution in [2.24, 2.45) is 4.40 Å². The predicted octanol–water partition coefficient (Wildman–Crippen LogP) is 2.85. The number of sulfonamides is 1. The lowest BCUT2D eigenvalue weighted by molar-refractivity contribution is -0.123. The summed E-state index contributed by atoms with van der Waals surface area (Å²) in [6, 6.07) is 14.2. The van der Waals surface area contributed by atoms with Crippen molar-refractivity contribution in [3.8, 4) is 0 Å². The topological polar surface area (TPSA) is 78.8 Å². The normalized spacial score (nSPS) is 19.4. The second-order valence-electron chi connectivity index (χ2n) is 5.95. The molecule has 0 saturated carbocycles. The Bertz CT molecular complexity index is 1140. The van der Waals surface area contributed by atoms with E-state index in [1.54, 1.807) is 24.3 Å². The number of nitrogens with zero attached hydrogens (tertiary/aromatic N) is 2. The van der Waals surface area contributed by atoms with E-state index in [9.17, 15) is 13.2 Å². The molecule has 1 saturated heterocycles. The summed E-state index contributed by atoms with van der Waals surface area (Å²) < 4.78 is 28.3. The molecule has 2 aliphatic rings. The Hall–Kier alpha value is -2.49. The van der Waals surface area contributed by atoms with Gasteiger partial charge in [-0.25, -0.2) is 0 Å². The van der Waals surface area contributed by atoms with Gasteiger partial charge in [0, 0.05) is 5.56 Å². The average Bonchev–Trinajstić information content (AvgIpc) is 3.05. The number of amides is 1. The molecule has 0 spiro atoms. The Morgan fingerprint density at radius 3 is 2.59 bits per heavy atom. The van der Waals surface area contributed by atoms with E-state index in [1.807, 2.05) is 31.2 Å². The van der Waals surface area contributed by atoms with Gasteiger partial charge < -0.3 is 0 Å². The zero-order valence-electron chi connectivity index (χ0n) is 14.0. The number of thiocarbonyl (C=S) groups is 1. The molecule has 0 radical (unpaired) electrons. The van der Waals surface area contributed by atoms with Gasteiger partial charge in [0.1, 0.15) is 4.90 Å². The maximum atomic E-state index is 12.7. The lowest BCUT2D eigenvalue weighted by atomic mass is 10.1. The number of hydrazine groups is 1. The number of thioether (sulfide) groups is 1. The highest BCUT2D eigenvalue weighted by Gasteiger charge is 2.36. The van der Waals surface area contributed by atoms with Crippen LogP contribution in [0.3, 0.4) is 0 Å². The van der Waals surface area contributed by atoms with Crippen LogP contribution >= 0.6 is 24.0 Å². The second kappa shape index (κ2) is 6.59. The Morgan fingerprint density at radius 2 is 1.85 bits per heavy atom. The summed E-state index contributed by atoms with van der Waals surface area (Å²) in [5, 5.41) is 1.15. The molecule has 2 aliphatic heterocycles. The van der Waals surface area contributed by atoms with Crippen molar-refractivity contribution in [2.45, 2.75) is 11.8 Å². The summed E-state index contributed by atoms with van der Waals surface area (Å²) in [4.78, 5) is 13.3. The number of rotatable bonds is 2. The van der Waals surface area contributed by atoms with Crippen LogP contribution in [0.25, 0.3) is 6.08 Å². The number of hydrogen-bond donors (Lipinski definition) is 1. The molecule has 2 aromatic rings. The first kappa shape index (κ1) is 17.9. The molecule has 9 heteroatoms. The van der Waals surface area contributed by atoms with Gasteiger partial charge in [-0.1, -0.05) is 53.7 Å². The number of aryl methyl sites for hydroxylation is 1. The monoisotopic (exact) mass is 415 g/mol. The molecule has 0 aliphatic carbocycles. The third-order valence-electron chi connectivity index (χ3n) is 4.02. The maximum absolute atomic E-state index is 12.7. The minimum atomic E-state index is -3.77. The van der Waals surface area contributed by atoms with Crippen LogP contribution in [-0.2, 0) is 14.8 Å². The van der Waals surface area contributed by atoms with Crippen molar-refractivity contribution in [1.82, 2.24) is 10.4 Å². The first-order valence-corrected chi connectivity index (χ1v) is 10.6. The van der Waals surface area contributed by atoms with E-state index >= 15 is 0 Å². The van der Waals surface area contributed by atoms with Gasteiger partial charge in [0.05, 0.1) is 4.91 Å². The largest absolute Gasteiger partial charge is 0.285 e. The van der Waals surface area contributed by atoms with E-state index < -0.39 is 10.0 Å². The molecule has 0 bridgehead atoms. The average molecular weight is 416 g/mol. The lowest BCUT2D eigenvalue weighted by Gasteiger charge is -2.16. The van der Waals surface area contributed by atoms with Crippen molar-refractivity contribution < 1.29 is 13.2 Å². The van der Waals surface area contributed by atoms with Crippen LogP contribution < -0.4 is 5.43 Å². The molecule has 0 atom stereocenters. The SMILES string of the molecule is Cc1ccc(/C=C2\SC(=S)N(NC3=NS(=O)(=O)c4ccccc43)C2=O)cc1.